The number of benzene rings is 2. The van der Waals surface area contributed by atoms with Crippen molar-refractivity contribution in [1.29, 1.82) is 5.26 Å². The molecule has 0 aliphatic carbocycles. The third-order valence-corrected chi connectivity index (χ3v) is 3.29. The number of halogens is 1. The molecular weight excluding hydrogens is 316 g/mol. The lowest BCUT2D eigenvalue weighted by molar-refractivity contribution is 0.336. The summed E-state index contributed by atoms with van der Waals surface area (Å²) in [4.78, 5) is 0. The molecule has 2 aromatic carbocycles. The molecule has 0 heterocycles. The minimum absolute atomic E-state index is 0.452. The van der Waals surface area contributed by atoms with E-state index in [4.69, 9.17) is 4.74 Å². The molecule has 0 fully saturated rings. The molecule has 1 N–H and O–H groups in total. The molecule has 20 heavy (non-hydrogen) atoms. The quantitative estimate of drug-likeness (QED) is 0.876. The maximum absolute atomic E-state index is 9.42. The van der Waals surface area contributed by atoms with Crippen LogP contribution in [0.2, 0.25) is 0 Å². The van der Waals surface area contributed by atoms with Crippen LogP contribution in [0.1, 0.15) is 18.5 Å². The van der Waals surface area contributed by atoms with Crippen molar-refractivity contribution in [3.05, 3.63) is 58.6 Å². The van der Waals surface area contributed by atoms with Gasteiger partial charge in [-0.2, -0.15) is 5.26 Å². The van der Waals surface area contributed by atoms with E-state index in [1.807, 2.05) is 55.5 Å². The van der Waals surface area contributed by atoms with Crippen molar-refractivity contribution in [3.63, 3.8) is 0 Å². The van der Waals surface area contributed by atoms with Crippen LogP contribution in [0.4, 0.5) is 5.69 Å². The minimum Gasteiger partial charge on any atom is -0.493 e. The van der Waals surface area contributed by atoms with Crippen LogP contribution in [0, 0.1) is 11.3 Å². The third-order valence-electron chi connectivity index (χ3n) is 2.79. The summed E-state index contributed by atoms with van der Waals surface area (Å²) in [7, 11) is 0. The fraction of sp³-hybridized carbons (Fsp3) is 0.188. The number of hydrogen-bond donors (Lipinski definition) is 1. The summed E-state index contributed by atoms with van der Waals surface area (Å²) in [6, 6.07) is 17.2. The van der Waals surface area contributed by atoms with E-state index in [1.165, 1.54) is 0 Å². The van der Waals surface area contributed by atoms with Gasteiger partial charge in [0.1, 0.15) is 11.8 Å². The topological polar surface area (TPSA) is 45.0 Å². The molecule has 0 radical (unpaired) electrons. The number of nitriles is 1. The van der Waals surface area contributed by atoms with E-state index < -0.39 is 6.04 Å². The van der Waals surface area contributed by atoms with Crippen LogP contribution in [0.15, 0.2) is 53.0 Å². The highest BCUT2D eigenvalue weighted by molar-refractivity contribution is 9.10. The first kappa shape index (κ1) is 14.4. The fourth-order valence-electron chi connectivity index (χ4n) is 1.93. The summed E-state index contributed by atoms with van der Waals surface area (Å²) in [6.07, 6.45) is 0. The summed E-state index contributed by atoms with van der Waals surface area (Å²) in [5.74, 6) is 0.740. The minimum atomic E-state index is -0.452. The van der Waals surface area contributed by atoms with Crippen molar-refractivity contribution in [2.45, 2.75) is 13.0 Å². The van der Waals surface area contributed by atoms with Crippen molar-refractivity contribution in [3.8, 4) is 11.8 Å². The van der Waals surface area contributed by atoms with Gasteiger partial charge in [0.15, 0.2) is 0 Å². The zero-order chi connectivity index (χ0) is 14.4. The van der Waals surface area contributed by atoms with Crippen LogP contribution in [0.5, 0.6) is 5.75 Å². The van der Waals surface area contributed by atoms with Crippen LogP contribution >= 0.6 is 15.9 Å². The molecule has 1 unspecified atom stereocenters. The summed E-state index contributed by atoms with van der Waals surface area (Å²) >= 11 is 3.42. The smallest absolute Gasteiger partial charge is 0.143 e. The number of hydrogen-bond acceptors (Lipinski definition) is 3. The van der Waals surface area contributed by atoms with Crippen LogP contribution in [-0.4, -0.2) is 6.61 Å². The fourth-order valence-corrected chi connectivity index (χ4v) is 2.33. The molecule has 0 aliphatic rings. The Kier molecular flexibility index (Phi) is 5.03. The van der Waals surface area contributed by atoms with E-state index in [-0.39, 0.29) is 0 Å². The second-order valence-corrected chi connectivity index (χ2v) is 5.10. The SMILES string of the molecule is CCOc1ccccc1C(C#N)Nc1cccc(Br)c1. The van der Waals surface area contributed by atoms with Crippen LogP contribution < -0.4 is 10.1 Å². The van der Waals surface area contributed by atoms with Gasteiger partial charge in [-0.1, -0.05) is 40.2 Å². The third kappa shape index (κ3) is 3.52. The summed E-state index contributed by atoms with van der Waals surface area (Å²) in [6.45, 7) is 2.51. The molecule has 0 spiro atoms. The molecule has 4 heteroatoms. The molecule has 0 aromatic heterocycles. The van der Waals surface area contributed by atoms with E-state index in [0.29, 0.717) is 6.61 Å². The largest absolute Gasteiger partial charge is 0.493 e. The molecule has 2 rings (SSSR count). The van der Waals surface area contributed by atoms with Crippen LogP contribution in [0.25, 0.3) is 0 Å². The first-order chi connectivity index (χ1) is 9.74. The summed E-state index contributed by atoms with van der Waals surface area (Å²) in [5, 5.41) is 12.6. The van der Waals surface area contributed by atoms with Crippen molar-refractivity contribution in [2.75, 3.05) is 11.9 Å². The number of anilines is 1. The van der Waals surface area contributed by atoms with Gasteiger partial charge < -0.3 is 10.1 Å². The first-order valence-corrected chi connectivity index (χ1v) is 7.17. The van der Waals surface area contributed by atoms with Crippen molar-refractivity contribution < 1.29 is 4.74 Å². The zero-order valence-electron chi connectivity index (χ0n) is 11.1. The Balaban J connectivity index is 2.27. The second kappa shape index (κ2) is 6.97. The number of rotatable bonds is 5. The molecule has 102 valence electrons. The Bertz CT molecular complexity index is 622. The van der Waals surface area contributed by atoms with Gasteiger partial charge in [-0.25, -0.2) is 0 Å². The maximum atomic E-state index is 9.42. The number of para-hydroxylation sites is 1. The monoisotopic (exact) mass is 330 g/mol. The maximum Gasteiger partial charge on any atom is 0.143 e. The molecule has 0 aliphatic heterocycles. The lowest BCUT2D eigenvalue weighted by Crippen LogP contribution is -2.10. The average Bonchev–Trinajstić information content (AvgIpc) is 2.46. The van der Waals surface area contributed by atoms with Crippen molar-refractivity contribution >= 4 is 21.6 Å². The van der Waals surface area contributed by atoms with Gasteiger partial charge in [0.25, 0.3) is 0 Å². The molecule has 0 saturated carbocycles. The van der Waals surface area contributed by atoms with E-state index in [9.17, 15) is 5.26 Å². The molecular formula is C16H15BrN2O. The predicted molar refractivity (Wildman–Crippen MR) is 83.7 cm³/mol. The number of nitrogens with zero attached hydrogens (tertiary/aromatic N) is 1. The Labute approximate surface area is 127 Å². The van der Waals surface area contributed by atoms with Gasteiger partial charge >= 0.3 is 0 Å². The van der Waals surface area contributed by atoms with E-state index in [0.717, 1.165) is 21.5 Å². The normalized spacial score (nSPS) is 11.4. The van der Waals surface area contributed by atoms with Crippen LogP contribution in [0.3, 0.4) is 0 Å². The Morgan fingerprint density at radius 2 is 2.05 bits per heavy atom. The molecule has 3 nitrogen and oxygen atoms in total. The zero-order valence-corrected chi connectivity index (χ0v) is 12.7. The highest BCUT2D eigenvalue weighted by Crippen LogP contribution is 2.28. The second-order valence-electron chi connectivity index (χ2n) is 4.19. The van der Waals surface area contributed by atoms with Gasteiger partial charge in [0.2, 0.25) is 0 Å². The van der Waals surface area contributed by atoms with Crippen molar-refractivity contribution in [1.82, 2.24) is 0 Å². The van der Waals surface area contributed by atoms with Gasteiger partial charge in [0.05, 0.1) is 12.7 Å². The van der Waals surface area contributed by atoms with Gasteiger partial charge in [0, 0.05) is 15.7 Å². The standard InChI is InChI=1S/C16H15BrN2O/c1-2-20-16-9-4-3-8-14(16)15(11-18)19-13-7-5-6-12(17)10-13/h3-10,15,19H,2H2,1H3. The molecule has 0 amide bonds. The average molecular weight is 331 g/mol. The highest BCUT2D eigenvalue weighted by Gasteiger charge is 2.15. The van der Waals surface area contributed by atoms with E-state index in [1.54, 1.807) is 0 Å². The summed E-state index contributed by atoms with van der Waals surface area (Å²) in [5.41, 5.74) is 1.73. The lowest BCUT2D eigenvalue weighted by Gasteiger charge is -2.17. The lowest BCUT2D eigenvalue weighted by atomic mass is 10.1. The molecule has 0 saturated heterocycles. The van der Waals surface area contributed by atoms with E-state index >= 15 is 0 Å². The van der Waals surface area contributed by atoms with Crippen molar-refractivity contribution in [2.24, 2.45) is 0 Å². The Morgan fingerprint density at radius 1 is 1.25 bits per heavy atom. The summed E-state index contributed by atoms with van der Waals surface area (Å²) < 4.78 is 6.55. The number of ether oxygens (including phenoxy) is 1. The van der Waals surface area contributed by atoms with Gasteiger partial charge in [-0.05, 0) is 31.2 Å². The number of nitrogens with one attached hydrogen (secondary N) is 1. The highest BCUT2D eigenvalue weighted by atomic mass is 79.9. The van der Waals surface area contributed by atoms with Crippen LogP contribution in [-0.2, 0) is 0 Å². The predicted octanol–water partition coefficient (Wildman–Crippen LogP) is 4.52. The Morgan fingerprint density at radius 3 is 2.75 bits per heavy atom. The Hall–Kier alpha value is -1.99. The van der Waals surface area contributed by atoms with Gasteiger partial charge in [-0.3, -0.25) is 0 Å². The first-order valence-electron chi connectivity index (χ1n) is 6.38. The van der Waals surface area contributed by atoms with Gasteiger partial charge in [-0.15, -0.1) is 0 Å². The molecule has 2 aromatic rings. The van der Waals surface area contributed by atoms with E-state index in [2.05, 4.69) is 27.3 Å². The molecule has 1 atom stereocenters. The molecule has 0 bridgehead atoms.